The average Bonchev–Trinajstić information content (AvgIpc) is 3.12. The Bertz CT molecular complexity index is 802. The van der Waals surface area contributed by atoms with E-state index in [4.69, 9.17) is 0 Å². The predicted octanol–water partition coefficient (Wildman–Crippen LogP) is 4.07. The highest BCUT2D eigenvalue weighted by Crippen LogP contribution is 2.33. The van der Waals surface area contributed by atoms with Crippen molar-refractivity contribution in [2.75, 3.05) is 6.54 Å². The topological polar surface area (TPSA) is 49.4 Å². The maximum absolute atomic E-state index is 13.2. The molecule has 1 N–H and O–H groups in total. The molecule has 0 bridgehead atoms. The van der Waals surface area contributed by atoms with Crippen molar-refractivity contribution in [3.05, 3.63) is 71.0 Å². The molecule has 1 aliphatic rings. The Morgan fingerprint density at radius 1 is 1.15 bits per heavy atom. The molecule has 2 aromatic rings. The molecule has 142 valence electrons. The molecule has 4 nitrogen and oxygen atoms in total. The second-order valence-electron chi connectivity index (χ2n) is 7.16. The number of hydrogen-bond acceptors (Lipinski definition) is 2. The van der Waals surface area contributed by atoms with Gasteiger partial charge < -0.3 is 10.2 Å². The predicted molar refractivity (Wildman–Crippen MR) is 102 cm³/mol. The maximum atomic E-state index is 13.2. The van der Waals surface area contributed by atoms with Crippen LogP contribution in [0.15, 0.2) is 48.5 Å². The van der Waals surface area contributed by atoms with Crippen molar-refractivity contribution < 1.29 is 14.0 Å². The van der Waals surface area contributed by atoms with Crippen molar-refractivity contribution in [3.8, 4) is 0 Å². The van der Waals surface area contributed by atoms with Crippen molar-refractivity contribution in [1.82, 2.24) is 10.2 Å². The van der Waals surface area contributed by atoms with Gasteiger partial charge in [0.2, 0.25) is 11.8 Å². The smallest absolute Gasteiger partial charge is 0.225 e. The Labute approximate surface area is 159 Å². The average molecular weight is 368 g/mol. The minimum Gasteiger partial charge on any atom is -0.349 e. The molecule has 5 heteroatoms. The minimum atomic E-state index is -0.356. The molecule has 1 aliphatic heterocycles. The van der Waals surface area contributed by atoms with Gasteiger partial charge in [-0.3, -0.25) is 9.59 Å². The molecule has 0 aliphatic carbocycles. The van der Waals surface area contributed by atoms with Crippen molar-refractivity contribution >= 4 is 11.8 Å². The minimum absolute atomic E-state index is 0.00106. The van der Waals surface area contributed by atoms with Crippen molar-refractivity contribution in [2.24, 2.45) is 0 Å². The summed E-state index contributed by atoms with van der Waals surface area (Å²) in [5, 5.41) is 2.90. The molecule has 1 heterocycles. The number of aryl methyl sites for hydroxylation is 1. The number of halogens is 1. The van der Waals surface area contributed by atoms with E-state index in [1.54, 1.807) is 12.1 Å². The first kappa shape index (κ1) is 19.1. The van der Waals surface area contributed by atoms with E-state index in [-0.39, 0.29) is 36.1 Å². The Kier molecular flexibility index (Phi) is 5.89. The summed E-state index contributed by atoms with van der Waals surface area (Å²) in [4.78, 5) is 26.5. The zero-order valence-corrected chi connectivity index (χ0v) is 15.7. The van der Waals surface area contributed by atoms with Crippen LogP contribution in [-0.2, 0) is 9.59 Å². The van der Waals surface area contributed by atoms with Crippen molar-refractivity contribution in [1.29, 1.82) is 0 Å². The van der Waals surface area contributed by atoms with Crippen LogP contribution >= 0.6 is 0 Å². The van der Waals surface area contributed by atoms with Crippen LogP contribution in [0.4, 0.5) is 4.39 Å². The molecule has 27 heavy (non-hydrogen) atoms. The van der Waals surface area contributed by atoms with Crippen molar-refractivity contribution in [2.45, 2.75) is 45.2 Å². The van der Waals surface area contributed by atoms with Gasteiger partial charge in [0.05, 0.1) is 18.5 Å². The molecule has 0 radical (unpaired) electrons. The second kappa shape index (κ2) is 8.33. The van der Waals surface area contributed by atoms with E-state index >= 15 is 0 Å². The van der Waals surface area contributed by atoms with Crippen LogP contribution in [0.25, 0.3) is 0 Å². The highest BCUT2D eigenvalue weighted by atomic mass is 19.1. The number of amides is 2. The molecule has 1 saturated heterocycles. The van der Waals surface area contributed by atoms with Crippen molar-refractivity contribution in [3.63, 3.8) is 0 Å². The van der Waals surface area contributed by atoms with E-state index in [0.717, 1.165) is 29.5 Å². The van der Waals surface area contributed by atoms with Gasteiger partial charge in [-0.1, -0.05) is 42.0 Å². The fourth-order valence-corrected chi connectivity index (χ4v) is 3.68. The van der Waals surface area contributed by atoms with Crippen LogP contribution in [0.2, 0.25) is 0 Å². The van der Waals surface area contributed by atoms with Gasteiger partial charge in [-0.25, -0.2) is 4.39 Å². The van der Waals surface area contributed by atoms with Gasteiger partial charge in [0, 0.05) is 13.5 Å². The van der Waals surface area contributed by atoms with Crippen LogP contribution in [0, 0.1) is 12.7 Å². The number of hydrogen-bond donors (Lipinski definition) is 1. The van der Waals surface area contributed by atoms with E-state index < -0.39 is 0 Å². The van der Waals surface area contributed by atoms with Gasteiger partial charge >= 0.3 is 0 Å². The lowest BCUT2D eigenvalue weighted by Gasteiger charge is -2.27. The van der Waals surface area contributed by atoms with Crippen LogP contribution < -0.4 is 5.32 Å². The van der Waals surface area contributed by atoms with Gasteiger partial charge in [0.1, 0.15) is 5.82 Å². The number of rotatable bonds is 5. The zero-order chi connectivity index (χ0) is 19.4. The largest absolute Gasteiger partial charge is 0.349 e. The van der Waals surface area contributed by atoms with Gasteiger partial charge in [0.25, 0.3) is 0 Å². The molecular weight excluding hydrogens is 343 g/mol. The molecule has 2 atom stereocenters. The second-order valence-corrected chi connectivity index (χ2v) is 7.16. The number of carbonyl (C=O) groups excluding carboxylic acids is 2. The third-order valence-electron chi connectivity index (χ3n) is 5.06. The normalized spacial score (nSPS) is 17.6. The van der Waals surface area contributed by atoms with Gasteiger partial charge in [-0.15, -0.1) is 0 Å². The Balaban J connectivity index is 1.76. The van der Waals surface area contributed by atoms with Crippen LogP contribution in [-0.4, -0.2) is 23.3 Å². The van der Waals surface area contributed by atoms with E-state index in [9.17, 15) is 14.0 Å². The Hall–Kier alpha value is -2.69. The summed E-state index contributed by atoms with van der Waals surface area (Å²) in [5.74, 6) is -0.439. The van der Waals surface area contributed by atoms with Crippen LogP contribution in [0.5, 0.6) is 0 Å². The standard InChI is InChI=1S/C22H25FN2O2/c1-15-5-7-17(8-6-15)20(24-16(2)26)14-22(27)25-13-3-4-21(25)18-9-11-19(23)12-10-18/h5-12,20-21H,3-4,13-14H2,1-2H3,(H,24,26). The molecule has 0 aromatic heterocycles. The van der Waals surface area contributed by atoms with Gasteiger partial charge in [0.15, 0.2) is 0 Å². The number of benzene rings is 2. The third-order valence-corrected chi connectivity index (χ3v) is 5.06. The summed E-state index contributed by atoms with van der Waals surface area (Å²) in [6.45, 7) is 4.14. The molecule has 3 rings (SSSR count). The lowest BCUT2D eigenvalue weighted by atomic mass is 10.00. The monoisotopic (exact) mass is 368 g/mol. The van der Waals surface area contributed by atoms with E-state index in [0.29, 0.717) is 6.54 Å². The summed E-state index contributed by atoms with van der Waals surface area (Å²) in [7, 11) is 0. The summed E-state index contributed by atoms with van der Waals surface area (Å²) in [6.07, 6.45) is 2.00. The first-order chi connectivity index (χ1) is 12.9. The first-order valence-electron chi connectivity index (χ1n) is 9.32. The fraction of sp³-hybridized carbons (Fsp3) is 0.364. The lowest BCUT2D eigenvalue weighted by Crippen LogP contribution is -2.35. The maximum Gasteiger partial charge on any atom is 0.225 e. The molecule has 0 saturated carbocycles. The van der Waals surface area contributed by atoms with Crippen LogP contribution in [0.3, 0.4) is 0 Å². The summed E-state index contributed by atoms with van der Waals surface area (Å²) < 4.78 is 13.2. The molecule has 2 amide bonds. The number of carbonyl (C=O) groups is 2. The van der Waals surface area contributed by atoms with E-state index in [2.05, 4.69) is 5.32 Å². The molecule has 0 spiro atoms. The summed E-state index contributed by atoms with van der Waals surface area (Å²) in [5.41, 5.74) is 3.00. The quantitative estimate of drug-likeness (QED) is 0.865. The molecule has 1 fully saturated rings. The summed E-state index contributed by atoms with van der Waals surface area (Å²) >= 11 is 0. The van der Waals surface area contributed by atoms with E-state index in [1.165, 1.54) is 19.1 Å². The van der Waals surface area contributed by atoms with Crippen LogP contribution in [0.1, 0.15) is 55.0 Å². The molecular formula is C22H25FN2O2. The zero-order valence-electron chi connectivity index (χ0n) is 15.7. The van der Waals surface area contributed by atoms with Gasteiger partial charge in [-0.05, 0) is 43.0 Å². The fourth-order valence-electron chi connectivity index (χ4n) is 3.68. The highest BCUT2D eigenvalue weighted by Gasteiger charge is 2.31. The highest BCUT2D eigenvalue weighted by molar-refractivity contribution is 5.80. The Morgan fingerprint density at radius 3 is 2.44 bits per heavy atom. The lowest BCUT2D eigenvalue weighted by molar-refractivity contribution is -0.133. The Morgan fingerprint density at radius 2 is 1.81 bits per heavy atom. The molecule has 2 aromatic carbocycles. The number of likely N-dealkylation sites (tertiary alicyclic amines) is 1. The number of nitrogens with zero attached hydrogens (tertiary/aromatic N) is 1. The SMILES string of the molecule is CC(=O)NC(CC(=O)N1CCCC1c1ccc(F)cc1)c1ccc(C)cc1. The molecule has 2 unspecified atom stereocenters. The third kappa shape index (κ3) is 4.73. The number of nitrogens with one attached hydrogen (secondary N) is 1. The van der Waals surface area contributed by atoms with Gasteiger partial charge in [-0.2, -0.15) is 0 Å². The summed E-state index contributed by atoms with van der Waals surface area (Å²) in [6, 6.07) is 13.8. The first-order valence-corrected chi connectivity index (χ1v) is 9.32. The van der Waals surface area contributed by atoms with E-state index in [1.807, 2.05) is 36.1 Å².